The van der Waals surface area contributed by atoms with Crippen LogP contribution in [0.2, 0.25) is 0 Å². The van der Waals surface area contributed by atoms with Gasteiger partial charge in [-0.2, -0.15) is 0 Å². The number of rotatable bonds is 6. The number of carbonyl (C=O) groups excluding carboxylic acids is 3. The number of hydrogen-bond acceptors (Lipinski definition) is 3. The molecule has 2 aromatic rings. The van der Waals surface area contributed by atoms with Gasteiger partial charge in [-0.25, -0.2) is 13.6 Å². The van der Waals surface area contributed by atoms with E-state index < -0.39 is 35.5 Å². The van der Waals surface area contributed by atoms with Gasteiger partial charge in [-0.3, -0.25) is 14.5 Å². The highest BCUT2D eigenvalue weighted by molar-refractivity contribution is 6.02. The maximum Gasteiger partial charge on any atom is 0.321 e. The van der Waals surface area contributed by atoms with Crippen LogP contribution < -0.4 is 20.9 Å². The van der Waals surface area contributed by atoms with Crippen LogP contribution in [0.5, 0.6) is 0 Å². The molecular weight excluding hydrogens is 406 g/mol. The minimum absolute atomic E-state index is 0.0477. The van der Waals surface area contributed by atoms with Gasteiger partial charge in [-0.15, -0.1) is 0 Å². The third kappa shape index (κ3) is 5.17. The van der Waals surface area contributed by atoms with Gasteiger partial charge in [-0.1, -0.05) is 26.0 Å². The van der Waals surface area contributed by atoms with Crippen LogP contribution in [0.4, 0.5) is 25.0 Å². The van der Waals surface area contributed by atoms with Gasteiger partial charge >= 0.3 is 6.03 Å². The predicted octanol–water partition coefficient (Wildman–Crippen LogP) is 3.28. The van der Waals surface area contributed by atoms with Gasteiger partial charge in [0.15, 0.2) is 0 Å². The number of anilines is 2. The lowest BCUT2D eigenvalue weighted by Crippen LogP contribution is -2.47. The zero-order chi connectivity index (χ0) is 22.5. The normalized spacial score (nSPS) is 14.7. The second-order valence-corrected chi connectivity index (χ2v) is 7.57. The first-order valence-electron chi connectivity index (χ1n) is 9.99. The molecule has 0 unspecified atom stereocenters. The van der Waals surface area contributed by atoms with Crippen molar-refractivity contribution < 1.29 is 23.2 Å². The number of carbonyl (C=O) groups is 3. The van der Waals surface area contributed by atoms with Crippen molar-refractivity contribution in [2.24, 2.45) is 5.92 Å². The Morgan fingerprint density at radius 2 is 1.84 bits per heavy atom. The number of nitrogens with zero attached hydrogens (tertiary/aromatic N) is 1. The molecule has 0 bridgehead atoms. The molecule has 0 radical (unpaired) electrons. The van der Waals surface area contributed by atoms with Gasteiger partial charge < -0.3 is 16.0 Å². The Morgan fingerprint density at radius 1 is 1.10 bits per heavy atom. The van der Waals surface area contributed by atoms with E-state index in [2.05, 4.69) is 16.0 Å². The number of nitrogens with one attached hydrogen (secondary N) is 3. The number of hydrogen-bond donors (Lipinski definition) is 3. The number of halogens is 2. The maximum absolute atomic E-state index is 14.3. The third-order valence-corrected chi connectivity index (χ3v) is 4.94. The summed E-state index contributed by atoms with van der Waals surface area (Å²) in [5.41, 5.74) is 0.151. The summed E-state index contributed by atoms with van der Waals surface area (Å²) in [5, 5.41) is 7.84. The molecule has 1 heterocycles. The summed E-state index contributed by atoms with van der Waals surface area (Å²) in [5.74, 6) is -2.84. The second-order valence-electron chi connectivity index (χ2n) is 7.57. The quantitative estimate of drug-likeness (QED) is 0.657. The Kier molecular flexibility index (Phi) is 6.84. The van der Waals surface area contributed by atoms with Crippen molar-refractivity contribution in [2.45, 2.75) is 26.3 Å². The van der Waals surface area contributed by atoms with Crippen molar-refractivity contribution in [3.8, 4) is 0 Å². The fourth-order valence-corrected chi connectivity index (χ4v) is 3.28. The maximum atomic E-state index is 14.3. The highest BCUT2D eigenvalue weighted by Crippen LogP contribution is 2.25. The molecule has 1 saturated heterocycles. The van der Waals surface area contributed by atoms with Crippen molar-refractivity contribution in [2.75, 3.05) is 23.3 Å². The van der Waals surface area contributed by atoms with Crippen LogP contribution >= 0.6 is 0 Å². The molecule has 0 spiro atoms. The van der Waals surface area contributed by atoms with E-state index in [1.807, 2.05) is 0 Å². The Hall–Kier alpha value is -3.49. The van der Waals surface area contributed by atoms with Gasteiger partial charge in [0.25, 0.3) is 5.91 Å². The molecule has 0 aliphatic carbocycles. The smallest absolute Gasteiger partial charge is 0.321 e. The highest BCUT2D eigenvalue weighted by atomic mass is 19.1. The molecule has 1 aliphatic heterocycles. The van der Waals surface area contributed by atoms with Crippen LogP contribution in [-0.4, -0.2) is 37.0 Å². The Labute approximate surface area is 178 Å². The first-order valence-corrected chi connectivity index (χ1v) is 9.99. The van der Waals surface area contributed by atoms with Crippen molar-refractivity contribution in [1.82, 2.24) is 10.6 Å². The summed E-state index contributed by atoms with van der Waals surface area (Å²) in [6.07, 6.45) is 0.666. The van der Waals surface area contributed by atoms with E-state index >= 15 is 0 Å². The summed E-state index contributed by atoms with van der Waals surface area (Å²) in [6, 6.07) is 8.02. The Balaban J connectivity index is 1.76. The van der Waals surface area contributed by atoms with E-state index in [1.165, 1.54) is 35.2 Å². The zero-order valence-corrected chi connectivity index (χ0v) is 17.2. The lowest BCUT2D eigenvalue weighted by Gasteiger charge is -2.28. The molecule has 7 nitrogen and oxygen atoms in total. The minimum atomic E-state index is -0.959. The van der Waals surface area contributed by atoms with Gasteiger partial charge in [0, 0.05) is 18.8 Å². The van der Waals surface area contributed by atoms with Crippen molar-refractivity contribution >= 4 is 29.2 Å². The zero-order valence-electron chi connectivity index (χ0n) is 17.2. The molecule has 1 atom stereocenters. The monoisotopic (exact) mass is 430 g/mol. The predicted molar refractivity (Wildman–Crippen MR) is 113 cm³/mol. The standard InChI is InChI=1S/C22H24F2N4O3/c1-13(2)19(27-20(29)15-6-3-4-7-16(15)23)21(30)26-14-8-9-17(24)18(12-14)28-11-5-10-25-22(28)31/h3-4,6-9,12-13,19H,5,10-11H2,1-2H3,(H,25,31)(H,26,30)(H,27,29)/t19-/m0/s1. The minimum Gasteiger partial charge on any atom is -0.340 e. The first kappa shape index (κ1) is 22.2. The summed E-state index contributed by atoms with van der Waals surface area (Å²) < 4.78 is 28.2. The summed E-state index contributed by atoms with van der Waals surface area (Å²) in [7, 11) is 0. The summed E-state index contributed by atoms with van der Waals surface area (Å²) in [6.45, 7) is 4.35. The largest absolute Gasteiger partial charge is 0.340 e. The molecule has 1 aliphatic rings. The van der Waals surface area contributed by atoms with Crippen LogP contribution in [0.15, 0.2) is 42.5 Å². The van der Waals surface area contributed by atoms with Crippen LogP contribution in [0.1, 0.15) is 30.6 Å². The third-order valence-electron chi connectivity index (χ3n) is 4.94. The molecule has 9 heteroatoms. The van der Waals surface area contributed by atoms with E-state index in [9.17, 15) is 23.2 Å². The molecule has 164 valence electrons. The lowest BCUT2D eigenvalue weighted by atomic mass is 10.0. The van der Waals surface area contributed by atoms with E-state index in [-0.39, 0.29) is 22.9 Å². The van der Waals surface area contributed by atoms with Crippen LogP contribution in [0.25, 0.3) is 0 Å². The average molecular weight is 430 g/mol. The molecule has 0 aromatic heterocycles. The lowest BCUT2D eigenvalue weighted by molar-refractivity contribution is -0.118. The van der Waals surface area contributed by atoms with Gasteiger partial charge in [0.1, 0.15) is 17.7 Å². The fourth-order valence-electron chi connectivity index (χ4n) is 3.28. The molecule has 0 saturated carbocycles. The van der Waals surface area contributed by atoms with E-state index in [1.54, 1.807) is 13.8 Å². The Bertz CT molecular complexity index is 996. The molecule has 1 fully saturated rings. The van der Waals surface area contributed by atoms with Gasteiger partial charge in [0.05, 0.1) is 11.3 Å². The molecular formula is C22H24F2N4O3. The van der Waals surface area contributed by atoms with Crippen LogP contribution in [-0.2, 0) is 4.79 Å². The SMILES string of the molecule is CC(C)[C@H](NC(=O)c1ccccc1F)C(=O)Nc1ccc(F)c(N2CCCNC2=O)c1. The highest BCUT2D eigenvalue weighted by Gasteiger charge is 2.27. The molecule has 31 heavy (non-hydrogen) atoms. The number of amides is 4. The van der Waals surface area contributed by atoms with E-state index in [4.69, 9.17) is 0 Å². The van der Waals surface area contributed by atoms with Crippen LogP contribution in [0, 0.1) is 17.6 Å². The van der Waals surface area contributed by atoms with Crippen molar-refractivity contribution in [1.29, 1.82) is 0 Å². The van der Waals surface area contributed by atoms with Gasteiger partial charge in [0.2, 0.25) is 5.91 Å². The number of benzene rings is 2. The van der Waals surface area contributed by atoms with Gasteiger partial charge in [-0.05, 0) is 42.7 Å². The van der Waals surface area contributed by atoms with E-state index in [0.717, 1.165) is 12.1 Å². The van der Waals surface area contributed by atoms with Crippen molar-refractivity contribution in [3.63, 3.8) is 0 Å². The fraction of sp³-hybridized carbons (Fsp3) is 0.318. The van der Waals surface area contributed by atoms with E-state index in [0.29, 0.717) is 19.5 Å². The molecule has 4 amide bonds. The van der Waals surface area contributed by atoms with Crippen LogP contribution in [0.3, 0.4) is 0 Å². The second kappa shape index (κ2) is 9.55. The topological polar surface area (TPSA) is 90.5 Å². The average Bonchev–Trinajstić information content (AvgIpc) is 2.73. The number of urea groups is 1. The molecule has 3 N–H and O–H groups in total. The summed E-state index contributed by atoms with van der Waals surface area (Å²) in [4.78, 5) is 38.6. The Morgan fingerprint density at radius 3 is 2.52 bits per heavy atom. The van der Waals surface area contributed by atoms with Crippen molar-refractivity contribution in [3.05, 3.63) is 59.7 Å². The molecule has 2 aromatic carbocycles. The molecule has 3 rings (SSSR count). The summed E-state index contributed by atoms with van der Waals surface area (Å²) >= 11 is 0. The first-order chi connectivity index (χ1) is 14.8.